The van der Waals surface area contributed by atoms with Crippen molar-refractivity contribution in [1.29, 1.82) is 0 Å². The van der Waals surface area contributed by atoms with Crippen LogP contribution in [0.2, 0.25) is 0 Å². The quantitative estimate of drug-likeness (QED) is 0.867. The number of benzene rings is 1. The highest BCUT2D eigenvalue weighted by atomic mass is 19.1. The Bertz CT molecular complexity index is 553. The zero-order valence-corrected chi connectivity index (χ0v) is 9.37. The van der Waals surface area contributed by atoms with Crippen LogP contribution in [0.15, 0.2) is 30.5 Å². The van der Waals surface area contributed by atoms with E-state index in [1.165, 1.54) is 18.3 Å². The molecule has 0 amide bonds. The lowest BCUT2D eigenvalue weighted by atomic mass is 10.0. The molecule has 2 nitrogen and oxygen atoms in total. The van der Waals surface area contributed by atoms with Crippen LogP contribution in [0.5, 0.6) is 0 Å². The highest BCUT2D eigenvalue weighted by Gasteiger charge is 2.12. The lowest BCUT2D eigenvalue weighted by Crippen LogP contribution is -2.00. The molecule has 0 aliphatic carbocycles. The minimum Gasteiger partial charge on any atom is -0.384 e. The number of pyridine rings is 1. The van der Waals surface area contributed by atoms with E-state index < -0.39 is 11.6 Å². The van der Waals surface area contributed by atoms with Gasteiger partial charge in [-0.1, -0.05) is 6.07 Å². The molecule has 0 unspecified atom stereocenters. The van der Waals surface area contributed by atoms with E-state index in [1.807, 2.05) is 0 Å². The highest BCUT2D eigenvalue weighted by Crippen LogP contribution is 2.20. The largest absolute Gasteiger partial charge is 0.384 e. The van der Waals surface area contributed by atoms with E-state index in [-0.39, 0.29) is 12.0 Å². The normalized spacial score (nSPS) is 10.5. The second-order valence-corrected chi connectivity index (χ2v) is 3.92. The van der Waals surface area contributed by atoms with Crippen LogP contribution in [0.3, 0.4) is 0 Å². The number of aryl methyl sites for hydroxylation is 1. The lowest BCUT2D eigenvalue weighted by molar-refractivity contribution is 0.555. The summed E-state index contributed by atoms with van der Waals surface area (Å²) in [6, 6.07) is 6.01. The summed E-state index contributed by atoms with van der Waals surface area (Å²) in [6.45, 7) is 1.61. The van der Waals surface area contributed by atoms with E-state index in [1.54, 1.807) is 19.1 Å². The van der Waals surface area contributed by atoms with Gasteiger partial charge in [-0.2, -0.15) is 0 Å². The summed E-state index contributed by atoms with van der Waals surface area (Å²) in [6.07, 6.45) is 1.70. The van der Waals surface area contributed by atoms with E-state index in [9.17, 15) is 8.78 Å². The fourth-order valence-electron chi connectivity index (χ4n) is 1.69. The van der Waals surface area contributed by atoms with Gasteiger partial charge < -0.3 is 5.73 Å². The zero-order chi connectivity index (χ0) is 12.4. The molecule has 0 atom stereocenters. The van der Waals surface area contributed by atoms with Gasteiger partial charge in [0.05, 0.1) is 0 Å². The van der Waals surface area contributed by atoms with Crippen LogP contribution in [0.1, 0.15) is 16.7 Å². The summed E-state index contributed by atoms with van der Waals surface area (Å²) in [4.78, 5) is 3.83. The van der Waals surface area contributed by atoms with Gasteiger partial charge in [-0.3, -0.25) is 0 Å². The molecule has 0 fully saturated rings. The lowest BCUT2D eigenvalue weighted by Gasteiger charge is -2.07. The van der Waals surface area contributed by atoms with Gasteiger partial charge in [-0.05, 0) is 36.2 Å². The number of nitrogen functional groups attached to an aromatic ring is 1. The standard InChI is InChI=1S/C13H12F2N2/c1-8-2-3-11(14)10(13(8)15)6-9-4-5-17-12(16)7-9/h2-5,7H,6H2,1H3,(H2,16,17). The predicted octanol–water partition coefficient (Wildman–Crippen LogP) is 2.84. The molecule has 1 heterocycles. The number of hydrogen-bond donors (Lipinski definition) is 1. The monoisotopic (exact) mass is 234 g/mol. The minimum atomic E-state index is -0.538. The Balaban J connectivity index is 2.39. The predicted molar refractivity (Wildman–Crippen MR) is 62.6 cm³/mol. The molecule has 2 rings (SSSR count). The van der Waals surface area contributed by atoms with Crippen molar-refractivity contribution in [2.24, 2.45) is 0 Å². The van der Waals surface area contributed by atoms with E-state index in [2.05, 4.69) is 4.98 Å². The topological polar surface area (TPSA) is 38.9 Å². The van der Waals surface area contributed by atoms with Gasteiger partial charge in [-0.15, -0.1) is 0 Å². The van der Waals surface area contributed by atoms with Crippen molar-refractivity contribution in [3.8, 4) is 0 Å². The van der Waals surface area contributed by atoms with Crippen LogP contribution >= 0.6 is 0 Å². The molecule has 0 bridgehead atoms. The molecule has 0 aliphatic rings. The third-order valence-corrected chi connectivity index (χ3v) is 2.61. The first-order valence-corrected chi connectivity index (χ1v) is 5.22. The summed E-state index contributed by atoms with van der Waals surface area (Å²) in [5, 5.41) is 0. The average molecular weight is 234 g/mol. The molecule has 0 spiro atoms. The van der Waals surface area contributed by atoms with Gasteiger partial charge in [0.2, 0.25) is 0 Å². The SMILES string of the molecule is Cc1ccc(F)c(Cc2ccnc(N)c2)c1F. The Morgan fingerprint density at radius 3 is 2.71 bits per heavy atom. The molecule has 1 aromatic heterocycles. The number of hydrogen-bond acceptors (Lipinski definition) is 2. The Morgan fingerprint density at radius 1 is 1.24 bits per heavy atom. The maximum absolute atomic E-state index is 13.8. The molecule has 88 valence electrons. The van der Waals surface area contributed by atoms with Crippen LogP contribution in [0.4, 0.5) is 14.6 Å². The van der Waals surface area contributed by atoms with Gasteiger partial charge in [0.25, 0.3) is 0 Å². The summed E-state index contributed by atoms with van der Waals surface area (Å²) < 4.78 is 27.3. The zero-order valence-electron chi connectivity index (χ0n) is 9.37. The summed E-state index contributed by atoms with van der Waals surface area (Å²) >= 11 is 0. The first kappa shape index (κ1) is 11.5. The molecule has 0 saturated heterocycles. The van der Waals surface area contributed by atoms with Gasteiger partial charge in [0, 0.05) is 18.2 Å². The molecular weight excluding hydrogens is 222 g/mol. The maximum atomic E-state index is 13.8. The number of nitrogens with two attached hydrogens (primary N) is 1. The number of aromatic nitrogens is 1. The maximum Gasteiger partial charge on any atom is 0.132 e. The van der Waals surface area contributed by atoms with Crippen LogP contribution in [0.25, 0.3) is 0 Å². The van der Waals surface area contributed by atoms with E-state index in [0.29, 0.717) is 11.4 Å². The first-order valence-electron chi connectivity index (χ1n) is 5.22. The van der Waals surface area contributed by atoms with Crippen molar-refractivity contribution >= 4 is 5.82 Å². The minimum absolute atomic E-state index is 0.0654. The molecule has 1 aromatic carbocycles. The number of halogens is 2. The van der Waals surface area contributed by atoms with Gasteiger partial charge in [0.15, 0.2) is 0 Å². The Kier molecular flexibility index (Phi) is 3.04. The molecule has 0 saturated carbocycles. The van der Waals surface area contributed by atoms with Crippen molar-refractivity contribution in [3.63, 3.8) is 0 Å². The highest BCUT2D eigenvalue weighted by molar-refractivity contribution is 5.36. The van der Waals surface area contributed by atoms with E-state index in [4.69, 9.17) is 5.73 Å². The molecule has 4 heteroatoms. The van der Waals surface area contributed by atoms with E-state index >= 15 is 0 Å². The smallest absolute Gasteiger partial charge is 0.132 e. The van der Waals surface area contributed by atoms with Crippen LogP contribution in [-0.4, -0.2) is 4.98 Å². The van der Waals surface area contributed by atoms with Crippen molar-refractivity contribution in [2.75, 3.05) is 5.73 Å². The molecule has 0 radical (unpaired) electrons. The Labute approximate surface area is 98.1 Å². The number of nitrogens with zero attached hydrogens (tertiary/aromatic N) is 1. The third-order valence-electron chi connectivity index (χ3n) is 2.61. The second-order valence-electron chi connectivity index (χ2n) is 3.92. The summed E-state index contributed by atoms with van der Waals surface area (Å²) in [5.74, 6) is -0.695. The van der Waals surface area contributed by atoms with Crippen molar-refractivity contribution in [2.45, 2.75) is 13.3 Å². The summed E-state index contributed by atoms with van der Waals surface area (Å²) in [7, 11) is 0. The number of anilines is 1. The molecule has 2 N–H and O–H groups in total. The summed E-state index contributed by atoms with van der Waals surface area (Å²) in [5.41, 5.74) is 6.76. The van der Waals surface area contributed by atoms with Crippen molar-refractivity contribution < 1.29 is 8.78 Å². The molecule has 17 heavy (non-hydrogen) atoms. The molecular formula is C13H12F2N2. The molecule has 0 aliphatic heterocycles. The van der Waals surface area contributed by atoms with Crippen molar-refractivity contribution in [1.82, 2.24) is 4.98 Å². The molecule has 2 aromatic rings. The van der Waals surface area contributed by atoms with Crippen molar-refractivity contribution in [3.05, 3.63) is 58.8 Å². The fourth-order valence-corrected chi connectivity index (χ4v) is 1.69. The van der Waals surface area contributed by atoms with Gasteiger partial charge in [0.1, 0.15) is 17.5 Å². The van der Waals surface area contributed by atoms with Crippen LogP contribution < -0.4 is 5.73 Å². The Morgan fingerprint density at radius 2 is 2.00 bits per heavy atom. The Hall–Kier alpha value is -1.97. The number of rotatable bonds is 2. The average Bonchev–Trinajstić information content (AvgIpc) is 2.30. The second kappa shape index (κ2) is 4.49. The third kappa shape index (κ3) is 2.41. The van der Waals surface area contributed by atoms with Gasteiger partial charge >= 0.3 is 0 Å². The van der Waals surface area contributed by atoms with Crippen LogP contribution in [-0.2, 0) is 6.42 Å². The van der Waals surface area contributed by atoms with Gasteiger partial charge in [-0.25, -0.2) is 13.8 Å². The van der Waals surface area contributed by atoms with Crippen LogP contribution in [0, 0.1) is 18.6 Å². The van der Waals surface area contributed by atoms with E-state index in [0.717, 1.165) is 5.56 Å². The first-order chi connectivity index (χ1) is 8.08. The fraction of sp³-hybridized carbons (Fsp3) is 0.154.